The Morgan fingerprint density at radius 2 is 1.90 bits per heavy atom. The van der Waals surface area contributed by atoms with E-state index in [9.17, 15) is 18.0 Å². The van der Waals surface area contributed by atoms with Gasteiger partial charge in [0.15, 0.2) is 5.69 Å². The van der Waals surface area contributed by atoms with Crippen molar-refractivity contribution in [3.05, 3.63) is 53.4 Å². The molecule has 0 saturated heterocycles. The molecule has 4 aromatic rings. The number of carbonyl (C=O) groups is 1. The molecule has 162 valence electrons. The third-order valence-electron chi connectivity index (χ3n) is 5.07. The number of aromatic nitrogens is 6. The molecule has 0 aliphatic rings. The van der Waals surface area contributed by atoms with Crippen molar-refractivity contribution >= 4 is 11.5 Å². The maximum Gasteiger partial charge on any atom is 0.436 e. The molecule has 0 atom stereocenters. The Morgan fingerprint density at radius 1 is 1.19 bits per heavy atom. The molecule has 31 heavy (non-hydrogen) atoms. The maximum absolute atomic E-state index is 13.2. The zero-order chi connectivity index (χ0) is 22.7. The third kappa shape index (κ3) is 3.35. The Hall–Kier alpha value is -3.63. The molecule has 0 saturated carbocycles. The van der Waals surface area contributed by atoms with Crippen molar-refractivity contribution in [2.75, 3.05) is 0 Å². The molecule has 4 heterocycles. The fourth-order valence-corrected chi connectivity index (χ4v) is 3.73. The summed E-state index contributed by atoms with van der Waals surface area (Å²) in [4.78, 5) is 11.3. The van der Waals surface area contributed by atoms with Crippen LogP contribution in [0, 0.1) is 13.8 Å². The Bertz CT molecular complexity index is 1310. The van der Waals surface area contributed by atoms with Crippen LogP contribution in [0.2, 0.25) is 0 Å². The van der Waals surface area contributed by atoms with Crippen molar-refractivity contribution in [1.29, 1.82) is 0 Å². The SMILES string of the molecule is Cc1nn(C(C)C)c(C)c1-c1cnn2ccc(-n3cc(C(=O)O)c(C(F)(F)F)n3)cc12. The van der Waals surface area contributed by atoms with Crippen LogP contribution in [0.15, 0.2) is 30.7 Å². The fourth-order valence-electron chi connectivity index (χ4n) is 3.73. The van der Waals surface area contributed by atoms with E-state index in [4.69, 9.17) is 5.11 Å². The highest BCUT2D eigenvalue weighted by atomic mass is 19.4. The zero-order valence-corrected chi connectivity index (χ0v) is 17.1. The molecular formula is C20H19F3N6O2. The van der Waals surface area contributed by atoms with Gasteiger partial charge in [0.25, 0.3) is 0 Å². The lowest BCUT2D eigenvalue weighted by Crippen LogP contribution is -2.12. The van der Waals surface area contributed by atoms with Crippen molar-refractivity contribution < 1.29 is 23.1 Å². The molecule has 4 aromatic heterocycles. The number of halogens is 3. The van der Waals surface area contributed by atoms with E-state index in [1.807, 2.05) is 32.4 Å². The van der Waals surface area contributed by atoms with Crippen molar-refractivity contribution in [3.63, 3.8) is 0 Å². The van der Waals surface area contributed by atoms with Crippen molar-refractivity contribution in [3.8, 4) is 16.8 Å². The predicted octanol–water partition coefficient (Wildman–Crippen LogP) is 4.30. The number of pyridine rings is 1. The minimum absolute atomic E-state index is 0.157. The van der Waals surface area contributed by atoms with Crippen LogP contribution in [0.5, 0.6) is 0 Å². The fraction of sp³-hybridized carbons (Fsp3) is 0.300. The highest BCUT2D eigenvalue weighted by molar-refractivity contribution is 5.89. The number of hydrogen-bond acceptors (Lipinski definition) is 4. The molecule has 0 aromatic carbocycles. The van der Waals surface area contributed by atoms with E-state index >= 15 is 0 Å². The first-order chi connectivity index (χ1) is 14.5. The zero-order valence-electron chi connectivity index (χ0n) is 17.1. The Labute approximate surface area is 174 Å². The summed E-state index contributed by atoms with van der Waals surface area (Å²) in [6, 6.07) is 3.29. The molecule has 11 heteroatoms. The topological polar surface area (TPSA) is 90.2 Å². The quantitative estimate of drug-likeness (QED) is 0.519. The van der Waals surface area contributed by atoms with Crippen LogP contribution in [0.3, 0.4) is 0 Å². The number of aryl methyl sites for hydroxylation is 1. The molecule has 0 aliphatic carbocycles. The molecule has 0 bridgehead atoms. The lowest BCUT2D eigenvalue weighted by atomic mass is 10.1. The van der Waals surface area contributed by atoms with Crippen LogP contribution in [-0.4, -0.2) is 40.3 Å². The summed E-state index contributed by atoms with van der Waals surface area (Å²) in [6.07, 6.45) is -0.764. The standard InChI is InChI=1S/C20H19F3N6O2/c1-10(2)29-12(4)17(11(3)25-29)14-8-24-27-6-5-13(7-16(14)27)28-9-15(19(30)31)18(26-28)20(21,22)23/h5-10H,1-4H3,(H,30,31). The molecule has 0 amide bonds. The maximum atomic E-state index is 13.2. The van der Waals surface area contributed by atoms with Crippen LogP contribution < -0.4 is 0 Å². The van der Waals surface area contributed by atoms with Gasteiger partial charge >= 0.3 is 12.1 Å². The van der Waals surface area contributed by atoms with E-state index < -0.39 is 23.4 Å². The molecular weight excluding hydrogens is 413 g/mol. The van der Waals surface area contributed by atoms with E-state index in [1.165, 1.54) is 6.07 Å². The molecule has 4 rings (SSSR count). The Balaban J connectivity index is 1.89. The van der Waals surface area contributed by atoms with Crippen LogP contribution >= 0.6 is 0 Å². The second-order valence-corrected chi connectivity index (χ2v) is 7.50. The minimum atomic E-state index is -4.88. The van der Waals surface area contributed by atoms with Crippen LogP contribution in [0.1, 0.15) is 47.3 Å². The van der Waals surface area contributed by atoms with E-state index in [-0.39, 0.29) is 11.7 Å². The number of hydrogen-bond donors (Lipinski definition) is 1. The number of fused-ring (bicyclic) bond motifs is 1. The second kappa shape index (κ2) is 6.96. The van der Waals surface area contributed by atoms with Gasteiger partial charge in [-0.3, -0.25) is 4.68 Å². The van der Waals surface area contributed by atoms with Crippen LogP contribution in [0.4, 0.5) is 13.2 Å². The van der Waals surface area contributed by atoms with Crippen LogP contribution in [0.25, 0.3) is 22.3 Å². The lowest BCUT2D eigenvalue weighted by molar-refractivity contribution is -0.141. The van der Waals surface area contributed by atoms with Gasteiger partial charge in [0.05, 0.1) is 23.1 Å². The van der Waals surface area contributed by atoms with Gasteiger partial charge in [-0.15, -0.1) is 0 Å². The van der Waals surface area contributed by atoms with Gasteiger partial charge in [0.1, 0.15) is 5.56 Å². The Morgan fingerprint density at radius 3 is 2.45 bits per heavy atom. The summed E-state index contributed by atoms with van der Waals surface area (Å²) in [7, 11) is 0. The number of nitrogens with zero attached hydrogens (tertiary/aromatic N) is 6. The van der Waals surface area contributed by atoms with Crippen molar-refractivity contribution in [2.45, 2.75) is 39.9 Å². The average Bonchev–Trinajstić information content (AvgIpc) is 3.36. The molecule has 0 fully saturated rings. The molecule has 1 N–H and O–H groups in total. The van der Waals surface area contributed by atoms with Gasteiger partial charge in [-0.2, -0.15) is 28.5 Å². The molecule has 8 nitrogen and oxygen atoms in total. The predicted molar refractivity (Wildman–Crippen MR) is 105 cm³/mol. The number of rotatable bonds is 4. The van der Waals surface area contributed by atoms with Gasteiger partial charge in [-0.05, 0) is 39.8 Å². The number of carboxylic acids is 1. The smallest absolute Gasteiger partial charge is 0.436 e. The Kier molecular flexibility index (Phi) is 4.64. The third-order valence-corrected chi connectivity index (χ3v) is 5.07. The van der Waals surface area contributed by atoms with Gasteiger partial charge in [0.2, 0.25) is 0 Å². The molecule has 0 aliphatic heterocycles. The van der Waals surface area contributed by atoms with E-state index in [0.717, 1.165) is 33.4 Å². The number of carboxylic acid groups (broad SMARTS) is 1. The summed E-state index contributed by atoms with van der Waals surface area (Å²) < 4.78 is 44.1. The summed E-state index contributed by atoms with van der Waals surface area (Å²) in [6.45, 7) is 7.88. The van der Waals surface area contributed by atoms with E-state index in [1.54, 1.807) is 23.0 Å². The van der Waals surface area contributed by atoms with Gasteiger partial charge in [-0.25, -0.2) is 14.0 Å². The summed E-state index contributed by atoms with van der Waals surface area (Å²) >= 11 is 0. The second-order valence-electron chi connectivity index (χ2n) is 7.50. The lowest BCUT2D eigenvalue weighted by Gasteiger charge is -2.08. The molecule has 0 unspecified atom stereocenters. The highest BCUT2D eigenvalue weighted by Gasteiger charge is 2.39. The number of aromatic carboxylic acids is 1. The summed E-state index contributed by atoms with van der Waals surface area (Å²) in [5.41, 5.74) is 1.96. The molecule has 0 spiro atoms. The summed E-state index contributed by atoms with van der Waals surface area (Å²) in [5, 5.41) is 21.6. The normalized spacial score (nSPS) is 12.3. The summed E-state index contributed by atoms with van der Waals surface area (Å²) in [5.74, 6) is -1.70. The number of alkyl halides is 3. The average molecular weight is 432 g/mol. The first-order valence-corrected chi connectivity index (χ1v) is 9.43. The molecule has 0 radical (unpaired) electrons. The van der Waals surface area contributed by atoms with E-state index in [0.29, 0.717) is 5.52 Å². The van der Waals surface area contributed by atoms with Gasteiger partial charge in [0, 0.05) is 35.3 Å². The first kappa shape index (κ1) is 20.6. The van der Waals surface area contributed by atoms with Gasteiger partial charge in [-0.1, -0.05) is 0 Å². The minimum Gasteiger partial charge on any atom is -0.478 e. The van der Waals surface area contributed by atoms with Crippen molar-refractivity contribution in [1.82, 2.24) is 29.2 Å². The van der Waals surface area contributed by atoms with Crippen LogP contribution in [-0.2, 0) is 6.18 Å². The van der Waals surface area contributed by atoms with Gasteiger partial charge < -0.3 is 5.11 Å². The van der Waals surface area contributed by atoms with Crippen molar-refractivity contribution in [2.24, 2.45) is 0 Å². The van der Waals surface area contributed by atoms with E-state index in [2.05, 4.69) is 15.3 Å². The highest BCUT2D eigenvalue weighted by Crippen LogP contribution is 2.34. The largest absolute Gasteiger partial charge is 0.478 e. The monoisotopic (exact) mass is 432 g/mol. The first-order valence-electron chi connectivity index (χ1n) is 9.43.